The molecule has 0 saturated heterocycles. The van der Waals surface area contributed by atoms with E-state index in [-0.39, 0.29) is 6.54 Å². The summed E-state index contributed by atoms with van der Waals surface area (Å²) in [5, 5.41) is 12.1. The zero-order valence-corrected chi connectivity index (χ0v) is 13.1. The van der Waals surface area contributed by atoms with Gasteiger partial charge in [0, 0.05) is 5.39 Å². The predicted molar refractivity (Wildman–Crippen MR) is 89.9 cm³/mol. The van der Waals surface area contributed by atoms with Crippen molar-refractivity contribution in [2.45, 2.75) is 11.0 Å². The summed E-state index contributed by atoms with van der Waals surface area (Å²) in [5.41, 5.74) is 1.33. The Morgan fingerprint density at radius 2 is 1.61 bits per heavy atom. The molecular formula is C18H15NO3S. The van der Waals surface area contributed by atoms with E-state index in [4.69, 9.17) is 0 Å². The summed E-state index contributed by atoms with van der Waals surface area (Å²) in [6, 6.07) is 19.9. The Balaban J connectivity index is 1.81. The molecule has 0 spiro atoms. The van der Waals surface area contributed by atoms with Crippen LogP contribution in [0.3, 0.4) is 0 Å². The fourth-order valence-electron chi connectivity index (χ4n) is 3.09. The molecule has 0 radical (unpaired) electrons. The lowest BCUT2D eigenvalue weighted by Gasteiger charge is -2.22. The first-order valence-corrected chi connectivity index (χ1v) is 8.80. The fraction of sp³-hybridized carbons (Fsp3) is 0.111. The van der Waals surface area contributed by atoms with Gasteiger partial charge in [-0.05, 0) is 23.1 Å². The van der Waals surface area contributed by atoms with Crippen molar-refractivity contribution in [1.82, 2.24) is 0 Å². The van der Waals surface area contributed by atoms with Crippen molar-refractivity contribution >= 4 is 26.5 Å². The maximum absolute atomic E-state index is 12.8. The third-order valence-electron chi connectivity index (χ3n) is 4.20. The number of hydrogen-bond donors (Lipinski definition) is 1. The van der Waals surface area contributed by atoms with Crippen LogP contribution >= 0.6 is 0 Å². The molecule has 0 aliphatic carbocycles. The number of aliphatic hydroxyl groups excluding tert-OH is 1. The molecule has 116 valence electrons. The van der Waals surface area contributed by atoms with Crippen LogP contribution in [0, 0.1) is 0 Å². The van der Waals surface area contributed by atoms with Crippen LogP contribution in [0.4, 0.5) is 5.69 Å². The first-order chi connectivity index (χ1) is 11.1. The van der Waals surface area contributed by atoms with Crippen LogP contribution in [-0.4, -0.2) is 20.1 Å². The molecule has 0 bridgehead atoms. The Bertz CT molecular complexity index is 978. The predicted octanol–water partition coefficient (Wildman–Crippen LogP) is 3.08. The molecule has 0 fully saturated rings. The molecular weight excluding hydrogens is 310 g/mol. The Hall–Kier alpha value is -2.37. The molecule has 0 unspecified atom stereocenters. The molecule has 4 rings (SSSR count). The lowest BCUT2D eigenvalue weighted by atomic mass is 10.1. The minimum atomic E-state index is -3.63. The van der Waals surface area contributed by atoms with E-state index in [0.29, 0.717) is 16.1 Å². The van der Waals surface area contributed by atoms with Crippen molar-refractivity contribution < 1.29 is 13.5 Å². The largest absolute Gasteiger partial charge is 0.387 e. The average Bonchev–Trinajstić information content (AvgIpc) is 2.79. The standard InChI is InChI=1S/C18H15NO3S/c20-16(13-6-2-1-3-7-13)12-19-15-10-4-8-14-9-5-11-17(18(14)15)23(19,21)22/h1-11,16,20H,12H2/t16-/m0/s1. The van der Waals surface area contributed by atoms with Crippen molar-refractivity contribution in [2.75, 3.05) is 10.8 Å². The second-order valence-electron chi connectivity index (χ2n) is 5.59. The number of sulfonamides is 1. The van der Waals surface area contributed by atoms with Crippen LogP contribution in [0.1, 0.15) is 11.7 Å². The summed E-state index contributed by atoms with van der Waals surface area (Å²) < 4.78 is 27.0. The Morgan fingerprint density at radius 1 is 0.913 bits per heavy atom. The van der Waals surface area contributed by atoms with Gasteiger partial charge in [0.05, 0.1) is 23.2 Å². The average molecular weight is 325 g/mol. The fourth-order valence-corrected chi connectivity index (χ4v) is 4.81. The highest BCUT2D eigenvalue weighted by atomic mass is 32.2. The van der Waals surface area contributed by atoms with Crippen molar-refractivity contribution in [1.29, 1.82) is 0 Å². The number of nitrogens with zero attached hydrogens (tertiary/aromatic N) is 1. The van der Waals surface area contributed by atoms with Crippen LogP contribution < -0.4 is 4.31 Å². The molecule has 1 atom stereocenters. The Morgan fingerprint density at radius 3 is 2.35 bits per heavy atom. The molecule has 3 aromatic carbocycles. The van der Waals surface area contributed by atoms with E-state index in [1.54, 1.807) is 30.3 Å². The van der Waals surface area contributed by atoms with Crippen molar-refractivity contribution in [3.8, 4) is 0 Å². The molecule has 3 aromatic rings. The van der Waals surface area contributed by atoms with Crippen molar-refractivity contribution in [3.05, 3.63) is 72.3 Å². The lowest BCUT2D eigenvalue weighted by Crippen LogP contribution is -2.31. The quantitative estimate of drug-likeness (QED) is 0.805. The van der Waals surface area contributed by atoms with Gasteiger partial charge >= 0.3 is 0 Å². The van der Waals surface area contributed by atoms with Crippen molar-refractivity contribution in [2.24, 2.45) is 0 Å². The molecule has 0 aromatic heterocycles. The second-order valence-corrected chi connectivity index (χ2v) is 7.42. The van der Waals surface area contributed by atoms with E-state index >= 15 is 0 Å². The number of hydrogen-bond acceptors (Lipinski definition) is 3. The third kappa shape index (κ3) is 2.12. The van der Waals surface area contributed by atoms with Gasteiger partial charge in [-0.2, -0.15) is 0 Å². The third-order valence-corrected chi connectivity index (χ3v) is 6.03. The highest BCUT2D eigenvalue weighted by Crippen LogP contribution is 2.42. The van der Waals surface area contributed by atoms with Gasteiger partial charge in [0.25, 0.3) is 10.0 Å². The Kier molecular flexibility index (Phi) is 3.14. The van der Waals surface area contributed by atoms with Gasteiger partial charge in [-0.25, -0.2) is 8.42 Å². The van der Waals surface area contributed by atoms with E-state index < -0.39 is 16.1 Å². The molecule has 23 heavy (non-hydrogen) atoms. The van der Waals surface area contributed by atoms with Crippen molar-refractivity contribution in [3.63, 3.8) is 0 Å². The molecule has 1 aliphatic rings. The minimum absolute atomic E-state index is 0.000139. The number of β-amino-alcohol motifs (C(OH)–C–C–N with tert-alkyl or cyclic N) is 1. The van der Waals surface area contributed by atoms with Gasteiger partial charge in [-0.15, -0.1) is 0 Å². The second kappa shape index (κ2) is 5.08. The monoisotopic (exact) mass is 325 g/mol. The van der Waals surface area contributed by atoms with E-state index in [1.807, 2.05) is 36.4 Å². The first kappa shape index (κ1) is 14.2. The summed E-state index contributed by atoms with van der Waals surface area (Å²) in [6.45, 7) is 0.000139. The van der Waals surface area contributed by atoms with Crippen LogP contribution in [0.2, 0.25) is 0 Å². The van der Waals surface area contributed by atoms with Gasteiger partial charge in [0.1, 0.15) is 0 Å². The normalized spacial score (nSPS) is 16.7. The maximum atomic E-state index is 12.8. The number of aliphatic hydroxyl groups is 1. The highest BCUT2D eigenvalue weighted by molar-refractivity contribution is 7.93. The maximum Gasteiger partial charge on any atom is 0.265 e. The number of rotatable bonds is 3. The van der Waals surface area contributed by atoms with Gasteiger partial charge in [0.2, 0.25) is 0 Å². The minimum Gasteiger partial charge on any atom is -0.387 e. The summed E-state index contributed by atoms with van der Waals surface area (Å²) in [7, 11) is -3.63. The summed E-state index contributed by atoms with van der Waals surface area (Å²) in [6.07, 6.45) is -0.879. The van der Waals surface area contributed by atoms with Gasteiger partial charge in [-0.1, -0.05) is 54.6 Å². The zero-order chi connectivity index (χ0) is 16.0. The van der Waals surface area contributed by atoms with Crippen LogP contribution in [0.5, 0.6) is 0 Å². The van der Waals surface area contributed by atoms with Gasteiger partial charge in [-0.3, -0.25) is 4.31 Å². The molecule has 0 amide bonds. The van der Waals surface area contributed by atoms with Crippen LogP contribution in [-0.2, 0) is 10.0 Å². The topological polar surface area (TPSA) is 57.6 Å². The number of anilines is 1. The summed E-state index contributed by atoms with van der Waals surface area (Å²) in [4.78, 5) is 0.311. The number of benzene rings is 3. The van der Waals surface area contributed by atoms with Crippen LogP contribution in [0.25, 0.3) is 10.8 Å². The smallest absolute Gasteiger partial charge is 0.265 e. The van der Waals surface area contributed by atoms with Crippen LogP contribution in [0.15, 0.2) is 71.6 Å². The molecule has 1 aliphatic heterocycles. The SMILES string of the molecule is O=S1(=O)c2cccc3cccc(c23)N1C[C@H](O)c1ccccc1. The molecule has 1 N–H and O–H groups in total. The van der Waals surface area contributed by atoms with Gasteiger partial charge in [0.15, 0.2) is 0 Å². The lowest BCUT2D eigenvalue weighted by molar-refractivity contribution is 0.188. The Labute approximate surface area is 134 Å². The highest BCUT2D eigenvalue weighted by Gasteiger charge is 2.36. The van der Waals surface area contributed by atoms with E-state index in [1.165, 1.54) is 4.31 Å². The molecule has 1 heterocycles. The first-order valence-electron chi connectivity index (χ1n) is 7.36. The molecule has 0 saturated carbocycles. The molecule has 5 heteroatoms. The summed E-state index contributed by atoms with van der Waals surface area (Å²) in [5.74, 6) is 0. The zero-order valence-electron chi connectivity index (χ0n) is 12.3. The van der Waals surface area contributed by atoms with E-state index in [0.717, 1.165) is 10.8 Å². The summed E-state index contributed by atoms with van der Waals surface area (Å²) >= 11 is 0. The van der Waals surface area contributed by atoms with Gasteiger partial charge < -0.3 is 5.11 Å². The van der Waals surface area contributed by atoms with E-state index in [2.05, 4.69) is 0 Å². The van der Waals surface area contributed by atoms with E-state index in [9.17, 15) is 13.5 Å². The molecule has 4 nitrogen and oxygen atoms in total.